The van der Waals surface area contributed by atoms with E-state index in [0.29, 0.717) is 32.7 Å². The van der Waals surface area contributed by atoms with Gasteiger partial charge < -0.3 is 9.47 Å². The Morgan fingerprint density at radius 1 is 1.32 bits per heavy atom. The summed E-state index contributed by atoms with van der Waals surface area (Å²) in [5, 5.41) is 2.22. The lowest BCUT2D eigenvalue weighted by molar-refractivity contribution is -0.146. The molecule has 0 aromatic rings. The summed E-state index contributed by atoms with van der Waals surface area (Å²) in [7, 11) is 0. The van der Waals surface area contributed by atoms with Crippen molar-refractivity contribution in [3.63, 3.8) is 0 Å². The fraction of sp³-hybridized carbons (Fsp3) is 0.750. The van der Waals surface area contributed by atoms with Crippen LogP contribution in [0.25, 0.3) is 0 Å². The van der Waals surface area contributed by atoms with E-state index in [2.05, 4.69) is 5.32 Å². The third-order valence-electron chi connectivity index (χ3n) is 3.20. The average molecular weight is 270 g/mol. The number of urea groups is 1. The second-order valence-electron chi connectivity index (χ2n) is 4.65. The van der Waals surface area contributed by atoms with Gasteiger partial charge in [0.1, 0.15) is 5.92 Å². The molecule has 2 heterocycles. The summed E-state index contributed by atoms with van der Waals surface area (Å²) in [6, 6.07) is -0.670. The van der Waals surface area contributed by atoms with Crippen molar-refractivity contribution in [2.24, 2.45) is 5.92 Å². The first-order valence-electron chi connectivity index (χ1n) is 6.49. The van der Waals surface area contributed by atoms with Crippen LogP contribution in [-0.2, 0) is 19.1 Å². The van der Waals surface area contributed by atoms with Crippen molar-refractivity contribution >= 4 is 17.8 Å². The Balaban J connectivity index is 2.02. The van der Waals surface area contributed by atoms with E-state index in [-0.39, 0.29) is 12.6 Å². The van der Waals surface area contributed by atoms with Gasteiger partial charge in [0.2, 0.25) is 11.8 Å². The Bertz CT molecular complexity index is 378. The Morgan fingerprint density at radius 3 is 2.74 bits per heavy atom. The molecule has 0 aromatic carbocycles. The molecule has 1 N–H and O–H groups in total. The molecule has 2 aliphatic heterocycles. The molecule has 19 heavy (non-hydrogen) atoms. The van der Waals surface area contributed by atoms with Crippen molar-refractivity contribution in [3.8, 4) is 0 Å². The van der Waals surface area contributed by atoms with Crippen molar-refractivity contribution < 1.29 is 23.9 Å². The van der Waals surface area contributed by atoms with Crippen LogP contribution in [0.2, 0.25) is 0 Å². The number of rotatable bonds is 4. The number of nitrogens with zero attached hydrogens (tertiary/aromatic N) is 1. The summed E-state index contributed by atoms with van der Waals surface area (Å²) >= 11 is 0. The minimum atomic E-state index is -0.771. The maximum absolute atomic E-state index is 12.2. The summed E-state index contributed by atoms with van der Waals surface area (Å²) in [4.78, 5) is 36.5. The zero-order chi connectivity index (χ0) is 13.8. The number of carbonyl (C=O) groups is 3. The van der Waals surface area contributed by atoms with Gasteiger partial charge in [-0.05, 0) is 6.42 Å². The van der Waals surface area contributed by atoms with Crippen LogP contribution in [0.3, 0.4) is 0 Å². The van der Waals surface area contributed by atoms with Crippen LogP contribution in [0.1, 0.15) is 19.8 Å². The van der Waals surface area contributed by atoms with Gasteiger partial charge in [0, 0.05) is 0 Å². The van der Waals surface area contributed by atoms with Gasteiger partial charge in [0.25, 0.3) is 0 Å². The van der Waals surface area contributed by atoms with E-state index in [9.17, 15) is 14.4 Å². The van der Waals surface area contributed by atoms with Gasteiger partial charge in [-0.3, -0.25) is 19.8 Å². The van der Waals surface area contributed by atoms with Crippen LogP contribution >= 0.6 is 0 Å². The smallest absolute Gasteiger partial charge is 0.330 e. The van der Waals surface area contributed by atoms with Gasteiger partial charge in [-0.15, -0.1) is 0 Å². The van der Waals surface area contributed by atoms with E-state index >= 15 is 0 Å². The van der Waals surface area contributed by atoms with Gasteiger partial charge >= 0.3 is 6.03 Å². The number of nitrogens with one attached hydrogen (secondary N) is 1. The topological polar surface area (TPSA) is 84.9 Å². The lowest BCUT2D eigenvalue weighted by Gasteiger charge is -2.33. The first-order chi connectivity index (χ1) is 9.13. The number of amides is 4. The molecular weight excluding hydrogens is 252 g/mol. The minimum Gasteiger partial charge on any atom is -0.376 e. The third kappa shape index (κ3) is 3.10. The molecule has 4 amide bonds. The van der Waals surface area contributed by atoms with Crippen molar-refractivity contribution in [3.05, 3.63) is 0 Å². The molecule has 2 atom stereocenters. The van der Waals surface area contributed by atoms with E-state index in [1.807, 2.05) is 6.92 Å². The molecule has 2 rings (SSSR count). The van der Waals surface area contributed by atoms with E-state index in [1.54, 1.807) is 0 Å². The molecule has 2 unspecified atom stereocenters. The molecule has 2 aliphatic rings. The fourth-order valence-electron chi connectivity index (χ4n) is 2.22. The summed E-state index contributed by atoms with van der Waals surface area (Å²) in [6.07, 6.45) is 0.824. The molecule has 0 aliphatic carbocycles. The molecule has 0 radical (unpaired) electrons. The highest BCUT2D eigenvalue weighted by atomic mass is 16.6. The fourth-order valence-corrected chi connectivity index (χ4v) is 2.22. The van der Waals surface area contributed by atoms with Gasteiger partial charge in [0.05, 0.1) is 32.5 Å². The first kappa shape index (κ1) is 14.0. The monoisotopic (exact) mass is 270 g/mol. The van der Waals surface area contributed by atoms with Crippen LogP contribution in [0.4, 0.5) is 4.79 Å². The highest BCUT2D eigenvalue weighted by molar-refractivity contribution is 6.16. The van der Waals surface area contributed by atoms with E-state index in [1.165, 1.54) is 0 Å². The SMILES string of the molecule is CCCC1C(=O)NC(=O)N(CC2COCCO2)C1=O. The second-order valence-corrected chi connectivity index (χ2v) is 4.65. The molecule has 0 saturated carbocycles. The quantitative estimate of drug-likeness (QED) is 0.721. The summed E-state index contributed by atoms with van der Waals surface area (Å²) in [5.41, 5.74) is 0. The normalized spacial score (nSPS) is 28.5. The van der Waals surface area contributed by atoms with E-state index < -0.39 is 23.8 Å². The highest BCUT2D eigenvalue weighted by Gasteiger charge is 2.40. The number of hydrogen-bond acceptors (Lipinski definition) is 5. The molecule has 0 spiro atoms. The van der Waals surface area contributed by atoms with Crippen LogP contribution in [-0.4, -0.2) is 55.2 Å². The van der Waals surface area contributed by atoms with Crippen molar-refractivity contribution in [1.29, 1.82) is 0 Å². The Morgan fingerprint density at radius 2 is 2.11 bits per heavy atom. The third-order valence-corrected chi connectivity index (χ3v) is 3.20. The van der Waals surface area contributed by atoms with Gasteiger partial charge in [-0.1, -0.05) is 13.3 Å². The van der Waals surface area contributed by atoms with Crippen LogP contribution in [0.5, 0.6) is 0 Å². The molecule has 7 heteroatoms. The second kappa shape index (κ2) is 6.12. The minimum absolute atomic E-state index is 0.123. The molecule has 106 valence electrons. The number of ether oxygens (including phenoxy) is 2. The largest absolute Gasteiger partial charge is 0.376 e. The molecule has 2 saturated heterocycles. The standard InChI is InChI=1S/C12H18N2O5/c1-2-3-9-10(15)13-12(17)14(11(9)16)6-8-7-18-4-5-19-8/h8-9H,2-7H2,1H3,(H,13,15,17). The predicted molar refractivity (Wildman–Crippen MR) is 64.2 cm³/mol. The number of hydrogen-bond donors (Lipinski definition) is 1. The van der Waals surface area contributed by atoms with E-state index in [0.717, 1.165) is 4.90 Å². The van der Waals surface area contributed by atoms with Gasteiger partial charge in [-0.2, -0.15) is 0 Å². The molecule has 2 fully saturated rings. The number of imide groups is 2. The maximum atomic E-state index is 12.2. The zero-order valence-corrected chi connectivity index (χ0v) is 10.9. The number of barbiturate groups is 1. The molecule has 7 nitrogen and oxygen atoms in total. The van der Waals surface area contributed by atoms with Crippen LogP contribution in [0.15, 0.2) is 0 Å². The van der Waals surface area contributed by atoms with Crippen LogP contribution in [0, 0.1) is 5.92 Å². The van der Waals surface area contributed by atoms with Gasteiger partial charge in [0.15, 0.2) is 0 Å². The Hall–Kier alpha value is -1.47. The molecule has 0 aromatic heterocycles. The van der Waals surface area contributed by atoms with Crippen molar-refractivity contribution in [2.75, 3.05) is 26.4 Å². The average Bonchev–Trinajstić information content (AvgIpc) is 2.41. The zero-order valence-electron chi connectivity index (χ0n) is 10.9. The summed E-state index contributed by atoms with van der Waals surface area (Å²) in [6.45, 7) is 3.33. The Labute approximate surface area is 111 Å². The number of carbonyl (C=O) groups excluding carboxylic acids is 3. The maximum Gasteiger partial charge on any atom is 0.330 e. The summed E-state index contributed by atoms with van der Waals surface area (Å²) in [5.74, 6) is -1.72. The summed E-state index contributed by atoms with van der Waals surface area (Å²) < 4.78 is 10.6. The highest BCUT2D eigenvalue weighted by Crippen LogP contribution is 2.17. The molecule has 0 bridgehead atoms. The predicted octanol–water partition coefficient (Wildman–Crippen LogP) is -0.103. The van der Waals surface area contributed by atoms with Crippen LogP contribution < -0.4 is 5.32 Å². The van der Waals surface area contributed by atoms with Gasteiger partial charge in [-0.25, -0.2) is 4.79 Å². The molecular formula is C12H18N2O5. The first-order valence-corrected chi connectivity index (χ1v) is 6.49. The van der Waals surface area contributed by atoms with Crippen molar-refractivity contribution in [2.45, 2.75) is 25.9 Å². The Kier molecular flexibility index (Phi) is 4.49. The lowest BCUT2D eigenvalue weighted by Crippen LogP contribution is -2.60. The van der Waals surface area contributed by atoms with Crippen molar-refractivity contribution in [1.82, 2.24) is 10.2 Å². The lowest BCUT2D eigenvalue weighted by atomic mass is 9.99. The van der Waals surface area contributed by atoms with E-state index in [4.69, 9.17) is 9.47 Å².